The number of ether oxygens (including phenoxy) is 1. The van der Waals surface area contributed by atoms with Gasteiger partial charge in [0.1, 0.15) is 6.61 Å². The van der Waals surface area contributed by atoms with Crippen LogP contribution in [0.5, 0.6) is 0 Å². The number of rotatable bonds is 3. The van der Waals surface area contributed by atoms with E-state index in [0.717, 1.165) is 19.3 Å². The van der Waals surface area contributed by atoms with Crippen LogP contribution in [-0.2, 0) is 4.74 Å². The van der Waals surface area contributed by atoms with E-state index in [2.05, 4.69) is 29.6 Å². The van der Waals surface area contributed by atoms with Gasteiger partial charge in [-0.2, -0.15) is 0 Å². The second-order valence-electron chi connectivity index (χ2n) is 6.99. The summed E-state index contributed by atoms with van der Waals surface area (Å²) in [5, 5.41) is 12.6. The summed E-state index contributed by atoms with van der Waals surface area (Å²) >= 11 is 0. The average molecular weight is 337 g/mol. The summed E-state index contributed by atoms with van der Waals surface area (Å²) in [6.45, 7) is 0.329. The molecule has 4 nitrogen and oxygen atoms in total. The minimum absolute atomic E-state index is 0.0133. The molecule has 2 atom stereocenters. The van der Waals surface area contributed by atoms with Gasteiger partial charge in [-0.05, 0) is 47.9 Å². The molecule has 1 amide bonds. The zero-order valence-electron chi connectivity index (χ0n) is 14.2. The normalized spacial score (nSPS) is 22.1. The maximum atomic E-state index is 12.2. The molecule has 2 aromatic carbocycles. The predicted molar refractivity (Wildman–Crippen MR) is 96.5 cm³/mol. The number of alkyl carbamates (subject to hydrolysis) is 1. The molecule has 0 aromatic heterocycles. The molecule has 0 radical (unpaired) electrons. The van der Waals surface area contributed by atoms with Gasteiger partial charge < -0.3 is 15.2 Å². The summed E-state index contributed by atoms with van der Waals surface area (Å²) in [6, 6.07) is 16.6. The maximum Gasteiger partial charge on any atom is 0.407 e. The molecule has 2 N–H and O–H groups in total. The van der Waals surface area contributed by atoms with Crippen LogP contribution in [-0.4, -0.2) is 30.0 Å². The molecular weight excluding hydrogens is 314 g/mol. The van der Waals surface area contributed by atoms with E-state index in [0.29, 0.717) is 13.0 Å². The zero-order chi connectivity index (χ0) is 17.2. The van der Waals surface area contributed by atoms with Crippen LogP contribution in [0.1, 0.15) is 42.7 Å². The second kappa shape index (κ2) is 6.89. The second-order valence-corrected chi connectivity index (χ2v) is 6.99. The van der Waals surface area contributed by atoms with E-state index in [4.69, 9.17) is 4.74 Å². The van der Waals surface area contributed by atoms with Crippen LogP contribution in [0, 0.1) is 0 Å². The largest absolute Gasteiger partial charge is 0.449 e. The Kier molecular flexibility index (Phi) is 4.45. The van der Waals surface area contributed by atoms with Gasteiger partial charge in [0.25, 0.3) is 0 Å². The number of nitrogens with one attached hydrogen (secondary N) is 1. The predicted octanol–water partition coefficient (Wildman–Crippen LogP) is 3.83. The van der Waals surface area contributed by atoms with Gasteiger partial charge in [-0.15, -0.1) is 0 Å². The number of aliphatic hydroxyl groups is 1. The van der Waals surface area contributed by atoms with E-state index >= 15 is 0 Å². The van der Waals surface area contributed by atoms with Crippen molar-refractivity contribution in [3.05, 3.63) is 59.7 Å². The quantitative estimate of drug-likeness (QED) is 0.895. The van der Waals surface area contributed by atoms with E-state index in [9.17, 15) is 9.90 Å². The van der Waals surface area contributed by atoms with Crippen LogP contribution in [0.3, 0.4) is 0 Å². The molecule has 0 aliphatic heterocycles. The summed E-state index contributed by atoms with van der Waals surface area (Å²) in [7, 11) is 0. The van der Waals surface area contributed by atoms with Crippen molar-refractivity contribution in [2.75, 3.05) is 6.61 Å². The molecule has 2 aromatic rings. The molecule has 0 saturated heterocycles. The molecule has 4 heteroatoms. The first-order valence-corrected chi connectivity index (χ1v) is 9.02. The first-order chi connectivity index (χ1) is 12.2. The van der Waals surface area contributed by atoms with Gasteiger partial charge in [-0.25, -0.2) is 4.79 Å². The van der Waals surface area contributed by atoms with Gasteiger partial charge in [0, 0.05) is 12.0 Å². The highest BCUT2D eigenvalue weighted by molar-refractivity contribution is 5.79. The lowest BCUT2D eigenvalue weighted by Gasteiger charge is -2.26. The Balaban J connectivity index is 1.43. The molecule has 0 spiro atoms. The lowest BCUT2D eigenvalue weighted by atomic mass is 9.93. The third-order valence-corrected chi connectivity index (χ3v) is 5.31. The van der Waals surface area contributed by atoms with Crippen molar-refractivity contribution in [3.63, 3.8) is 0 Å². The molecular formula is C21H23NO3. The van der Waals surface area contributed by atoms with Gasteiger partial charge in [0.2, 0.25) is 0 Å². The van der Waals surface area contributed by atoms with Crippen LogP contribution in [0.25, 0.3) is 11.1 Å². The number of hydrogen-bond donors (Lipinski definition) is 2. The highest BCUT2D eigenvalue weighted by Crippen LogP contribution is 2.44. The van der Waals surface area contributed by atoms with Crippen LogP contribution in [0.4, 0.5) is 4.79 Å². The molecule has 25 heavy (non-hydrogen) atoms. The minimum Gasteiger partial charge on any atom is -0.449 e. The van der Waals surface area contributed by atoms with Crippen LogP contribution < -0.4 is 5.32 Å². The number of hydrogen-bond acceptors (Lipinski definition) is 3. The van der Waals surface area contributed by atoms with Gasteiger partial charge >= 0.3 is 6.09 Å². The summed E-state index contributed by atoms with van der Waals surface area (Å²) in [5.74, 6) is 0.0788. The Labute approximate surface area is 147 Å². The molecule has 1 saturated carbocycles. The van der Waals surface area contributed by atoms with Crippen molar-refractivity contribution in [1.82, 2.24) is 5.32 Å². The van der Waals surface area contributed by atoms with Crippen LogP contribution in [0.15, 0.2) is 48.5 Å². The molecule has 0 heterocycles. The summed E-state index contributed by atoms with van der Waals surface area (Å²) in [5.41, 5.74) is 4.87. The first kappa shape index (κ1) is 16.2. The number of amides is 1. The van der Waals surface area contributed by atoms with Gasteiger partial charge in [0.05, 0.1) is 6.10 Å². The molecule has 1 fully saturated rings. The van der Waals surface area contributed by atoms with E-state index in [1.54, 1.807) is 0 Å². The smallest absolute Gasteiger partial charge is 0.407 e. The zero-order valence-corrected chi connectivity index (χ0v) is 14.2. The van der Waals surface area contributed by atoms with E-state index in [-0.39, 0.29) is 24.2 Å². The van der Waals surface area contributed by atoms with Crippen molar-refractivity contribution in [2.45, 2.75) is 43.7 Å². The fraction of sp³-hybridized carbons (Fsp3) is 0.381. The number of fused-ring (bicyclic) bond motifs is 3. The monoisotopic (exact) mass is 337 g/mol. The minimum atomic E-state index is -0.388. The van der Waals surface area contributed by atoms with Crippen molar-refractivity contribution >= 4 is 6.09 Å². The summed E-state index contributed by atoms with van der Waals surface area (Å²) < 4.78 is 5.55. The van der Waals surface area contributed by atoms with Crippen molar-refractivity contribution < 1.29 is 14.6 Å². The maximum absolute atomic E-state index is 12.2. The highest BCUT2D eigenvalue weighted by atomic mass is 16.5. The van der Waals surface area contributed by atoms with E-state index in [1.165, 1.54) is 22.3 Å². The lowest BCUT2D eigenvalue weighted by Crippen LogP contribution is -2.40. The number of benzene rings is 2. The fourth-order valence-electron chi connectivity index (χ4n) is 4.10. The topological polar surface area (TPSA) is 58.6 Å². The van der Waals surface area contributed by atoms with Crippen LogP contribution >= 0.6 is 0 Å². The Morgan fingerprint density at radius 1 is 1.04 bits per heavy atom. The first-order valence-electron chi connectivity index (χ1n) is 9.02. The van der Waals surface area contributed by atoms with Crippen LogP contribution in [0.2, 0.25) is 0 Å². The standard InChI is InChI=1S/C21H23NO3/c23-15-7-5-6-14(12-15)22-21(24)25-13-20-18-10-3-1-8-16(18)17-9-2-4-11-19(17)20/h1-4,8-11,14-15,20,23H,5-7,12-13H2,(H,22,24)/t14-,15+/m0/s1. The van der Waals surface area contributed by atoms with Gasteiger partial charge in [0.15, 0.2) is 0 Å². The number of carbonyl (C=O) groups excluding carboxylic acids is 1. The number of carbonyl (C=O) groups is 1. The Morgan fingerprint density at radius 2 is 1.68 bits per heavy atom. The third-order valence-electron chi connectivity index (χ3n) is 5.31. The van der Waals surface area contributed by atoms with Crippen molar-refractivity contribution in [1.29, 1.82) is 0 Å². The molecule has 4 rings (SSSR count). The van der Waals surface area contributed by atoms with E-state index in [1.807, 2.05) is 24.3 Å². The molecule has 2 aliphatic rings. The Bertz CT molecular complexity index is 728. The fourth-order valence-corrected chi connectivity index (χ4v) is 4.10. The Morgan fingerprint density at radius 3 is 2.32 bits per heavy atom. The Hall–Kier alpha value is -2.33. The number of aliphatic hydroxyl groups excluding tert-OH is 1. The van der Waals surface area contributed by atoms with Crippen molar-refractivity contribution in [3.8, 4) is 11.1 Å². The van der Waals surface area contributed by atoms with Gasteiger partial charge in [-0.3, -0.25) is 0 Å². The highest BCUT2D eigenvalue weighted by Gasteiger charge is 2.29. The summed E-state index contributed by atoms with van der Waals surface area (Å²) in [6.07, 6.45) is 2.58. The van der Waals surface area contributed by atoms with Gasteiger partial charge in [-0.1, -0.05) is 48.5 Å². The summed E-state index contributed by atoms with van der Waals surface area (Å²) in [4.78, 5) is 12.2. The molecule has 0 bridgehead atoms. The SMILES string of the molecule is O=C(N[C@H]1CCC[C@@H](O)C1)OCC1c2ccccc2-c2ccccc21. The average Bonchev–Trinajstić information content (AvgIpc) is 2.94. The van der Waals surface area contributed by atoms with E-state index < -0.39 is 0 Å². The molecule has 2 aliphatic carbocycles. The molecule has 0 unspecified atom stereocenters. The third kappa shape index (κ3) is 3.27. The van der Waals surface area contributed by atoms with Crippen molar-refractivity contribution in [2.24, 2.45) is 0 Å². The lowest BCUT2D eigenvalue weighted by molar-refractivity contribution is 0.101. The molecule has 130 valence electrons.